The Morgan fingerprint density at radius 2 is 1.82 bits per heavy atom. The molecular weight excluding hydrogens is 396 g/mol. The molecule has 28 heavy (non-hydrogen) atoms. The molecule has 2 heterocycles. The van der Waals surface area contributed by atoms with Gasteiger partial charge >= 0.3 is 5.97 Å². The number of hydrogen-bond acceptors (Lipinski definition) is 7. The Labute approximate surface area is 167 Å². The van der Waals surface area contributed by atoms with Gasteiger partial charge in [0.1, 0.15) is 6.10 Å². The maximum Gasteiger partial charge on any atom is 0.306 e. The third kappa shape index (κ3) is 4.18. The zero-order valence-corrected chi connectivity index (χ0v) is 16.8. The Hall–Kier alpha value is -2.45. The largest absolute Gasteiger partial charge is 0.459 e. The highest BCUT2D eigenvalue weighted by Crippen LogP contribution is 2.31. The van der Waals surface area contributed by atoms with Crippen LogP contribution in [0.1, 0.15) is 12.8 Å². The van der Waals surface area contributed by atoms with E-state index in [1.807, 2.05) is 24.3 Å². The maximum absolute atomic E-state index is 12.2. The van der Waals surface area contributed by atoms with Crippen LogP contribution in [0.5, 0.6) is 0 Å². The van der Waals surface area contributed by atoms with Crippen molar-refractivity contribution in [3.05, 3.63) is 54.6 Å². The van der Waals surface area contributed by atoms with E-state index in [1.165, 1.54) is 0 Å². The Morgan fingerprint density at radius 1 is 1.11 bits per heavy atom. The van der Waals surface area contributed by atoms with Crippen molar-refractivity contribution in [2.45, 2.75) is 23.8 Å². The summed E-state index contributed by atoms with van der Waals surface area (Å²) < 4.78 is 31.0. The average Bonchev–Trinajstić information content (AvgIpc) is 3.08. The smallest absolute Gasteiger partial charge is 0.306 e. The minimum absolute atomic E-state index is 0.0609. The topological polar surface area (TPSA) is 76.6 Å². The highest BCUT2D eigenvalue weighted by atomic mass is 32.2. The maximum atomic E-state index is 12.2. The molecule has 0 atom stereocenters. The summed E-state index contributed by atoms with van der Waals surface area (Å²) in [5.74, 6) is -0.411. The molecule has 8 heteroatoms. The van der Waals surface area contributed by atoms with Gasteiger partial charge in [-0.3, -0.25) is 4.79 Å². The van der Waals surface area contributed by atoms with Gasteiger partial charge in [-0.2, -0.15) is 0 Å². The average molecular weight is 417 g/mol. The van der Waals surface area contributed by atoms with Crippen LogP contribution in [-0.2, 0) is 19.4 Å². The quantitative estimate of drug-likeness (QED) is 0.550. The van der Waals surface area contributed by atoms with Crippen LogP contribution in [0, 0.1) is 0 Å². The van der Waals surface area contributed by atoms with Gasteiger partial charge in [-0.1, -0.05) is 41.7 Å². The molecule has 1 aromatic heterocycles. The zero-order valence-electron chi connectivity index (χ0n) is 15.2. The number of esters is 1. The molecule has 0 amide bonds. The summed E-state index contributed by atoms with van der Waals surface area (Å²) in [5.41, 5.74) is 0.975. The fourth-order valence-electron chi connectivity index (χ4n) is 3.06. The molecule has 0 radical (unpaired) electrons. The van der Waals surface area contributed by atoms with Crippen molar-refractivity contribution in [1.82, 2.24) is 4.98 Å². The van der Waals surface area contributed by atoms with Crippen molar-refractivity contribution in [1.29, 1.82) is 0 Å². The van der Waals surface area contributed by atoms with Gasteiger partial charge in [0.2, 0.25) is 0 Å². The summed E-state index contributed by atoms with van der Waals surface area (Å²) >= 11 is 1.62. The first-order valence-corrected chi connectivity index (χ1v) is 11.6. The molecule has 0 unspecified atom stereocenters. The van der Waals surface area contributed by atoms with Crippen molar-refractivity contribution in [3.8, 4) is 0 Å². The van der Waals surface area contributed by atoms with E-state index in [9.17, 15) is 13.2 Å². The van der Waals surface area contributed by atoms with Crippen LogP contribution in [0.4, 0.5) is 5.13 Å². The van der Waals surface area contributed by atoms with Crippen LogP contribution < -0.4 is 4.90 Å². The third-order valence-electron chi connectivity index (χ3n) is 4.60. The number of nitrogens with zero attached hydrogens (tertiary/aromatic N) is 2. The van der Waals surface area contributed by atoms with E-state index >= 15 is 0 Å². The van der Waals surface area contributed by atoms with Crippen molar-refractivity contribution >= 4 is 42.5 Å². The summed E-state index contributed by atoms with van der Waals surface area (Å²) in [6.45, 7) is 1.24. The lowest BCUT2D eigenvalue weighted by atomic mass is 10.2. The molecule has 1 saturated heterocycles. The number of anilines is 1. The fraction of sp³-hybridized carbons (Fsp3) is 0.300. The number of thiazole rings is 1. The van der Waals surface area contributed by atoms with Gasteiger partial charge in [-0.25, -0.2) is 13.4 Å². The van der Waals surface area contributed by atoms with Crippen molar-refractivity contribution in [3.63, 3.8) is 0 Å². The summed E-state index contributed by atoms with van der Waals surface area (Å²) in [5, 5.41) is 0.933. The lowest BCUT2D eigenvalue weighted by Gasteiger charge is -2.38. The summed E-state index contributed by atoms with van der Waals surface area (Å²) in [7, 11) is -3.36. The predicted octanol–water partition coefficient (Wildman–Crippen LogP) is 3.28. The molecule has 0 N–H and O–H groups in total. The van der Waals surface area contributed by atoms with Gasteiger partial charge in [0.05, 0.1) is 34.0 Å². The van der Waals surface area contributed by atoms with E-state index in [4.69, 9.17) is 4.74 Å². The van der Waals surface area contributed by atoms with Gasteiger partial charge in [0.25, 0.3) is 0 Å². The van der Waals surface area contributed by atoms with Crippen molar-refractivity contribution in [2.75, 3.05) is 23.7 Å². The molecule has 6 nitrogen and oxygen atoms in total. The predicted molar refractivity (Wildman–Crippen MR) is 109 cm³/mol. The second-order valence-electron chi connectivity index (χ2n) is 6.72. The minimum Gasteiger partial charge on any atom is -0.459 e. The number of carbonyl (C=O) groups is 1. The van der Waals surface area contributed by atoms with Crippen LogP contribution in [0.15, 0.2) is 59.5 Å². The number of sulfone groups is 1. The molecule has 3 aromatic rings. The molecule has 1 fully saturated rings. The Bertz CT molecular complexity index is 1040. The monoisotopic (exact) mass is 416 g/mol. The van der Waals surface area contributed by atoms with Crippen LogP contribution >= 0.6 is 11.3 Å². The lowest BCUT2D eigenvalue weighted by molar-refractivity contribution is -0.150. The fourth-order valence-corrected chi connectivity index (χ4v) is 5.38. The third-order valence-corrected chi connectivity index (χ3v) is 7.51. The van der Waals surface area contributed by atoms with Gasteiger partial charge in [0.15, 0.2) is 15.0 Å². The SMILES string of the molecule is O=C(CCCS(=O)(=O)c1ccccc1)OC1CN(c2nc3ccccc3s2)C1. The molecule has 0 aliphatic carbocycles. The number of aromatic nitrogens is 1. The molecule has 2 aromatic carbocycles. The Morgan fingerprint density at radius 3 is 2.57 bits per heavy atom. The minimum atomic E-state index is -3.36. The van der Waals surface area contributed by atoms with E-state index in [0.29, 0.717) is 13.1 Å². The first-order valence-electron chi connectivity index (χ1n) is 9.09. The van der Waals surface area contributed by atoms with E-state index < -0.39 is 9.84 Å². The van der Waals surface area contributed by atoms with Gasteiger partial charge in [0, 0.05) is 6.42 Å². The number of fused-ring (bicyclic) bond motifs is 1. The van der Waals surface area contributed by atoms with Crippen molar-refractivity contribution < 1.29 is 17.9 Å². The molecular formula is C20H20N2O4S2. The molecule has 4 rings (SSSR count). The van der Waals surface area contributed by atoms with Crippen LogP contribution in [0.25, 0.3) is 10.2 Å². The van der Waals surface area contributed by atoms with E-state index in [-0.39, 0.29) is 35.6 Å². The van der Waals surface area contributed by atoms with Crippen molar-refractivity contribution in [2.24, 2.45) is 0 Å². The Kier molecular flexibility index (Phi) is 5.32. The first kappa shape index (κ1) is 18.9. The highest BCUT2D eigenvalue weighted by Gasteiger charge is 2.32. The van der Waals surface area contributed by atoms with E-state index in [0.717, 1.165) is 15.3 Å². The molecule has 146 valence electrons. The van der Waals surface area contributed by atoms with Gasteiger partial charge in [-0.05, 0) is 30.7 Å². The summed E-state index contributed by atoms with van der Waals surface area (Å²) in [4.78, 5) is 19.0. The van der Waals surface area contributed by atoms with Gasteiger partial charge < -0.3 is 9.64 Å². The van der Waals surface area contributed by atoms with E-state index in [2.05, 4.69) is 9.88 Å². The normalized spacial score (nSPS) is 14.8. The molecule has 1 aliphatic heterocycles. The number of para-hydroxylation sites is 1. The number of carbonyl (C=O) groups excluding carboxylic acids is 1. The van der Waals surface area contributed by atoms with Gasteiger partial charge in [-0.15, -0.1) is 0 Å². The second kappa shape index (κ2) is 7.89. The molecule has 0 saturated carbocycles. The molecule has 1 aliphatic rings. The van der Waals surface area contributed by atoms with Crippen LogP contribution in [-0.4, -0.2) is 44.3 Å². The van der Waals surface area contributed by atoms with E-state index in [1.54, 1.807) is 41.7 Å². The number of ether oxygens (including phenoxy) is 1. The highest BCUT2D eigenvalue weighted by molar-refractivity contribution is 7.91. The lowest BCUT2D eigenvalue weighted by Crippen LogP contribution is -2.53. The summed E-state index contributed by atoms with van der Waals surface area (Å²) in [6.07, 6.45) is 0.193. The van der Waals surface area contributed by atoms with Crippen LogP contribution in [0.3, 0.4) is 0 Å². The molecule has 0 bridgehead atoms. The first-order chi connectivity index (χ1) is 13.5. The standard InChI is InChI=1S/C20H20N2O4S2/c23-19(11-6-12-28(24,25)16-7-2-1-3-8-16)26-15-13-22(14-15)20-21-17-9-4-5-10-18(17)27-20/h1-5,7-10,15H,6,11-14H2. The zero-order chi connectivity index (χ0) is 19.6. The number of rotatable bonds is 7. The number of hydrogen-bond donors (Lipinski definition) is 0. The number of benzene rings is 2. The summed E-state index contributed by atoms with van der Waals surface area (Å²) in [6, 6.07) is 16.3. The van der Waals surface area contributed by atoms with Crippen LogP contribution in [0.2, 0.25) is 0 Å². The molecule has 0 spiro atoms. The Balaban J connectivity index is 1.21. The second-order valence-corrected chi connectivity index (χ2v) is 9.83.